The highest BCUT2D eigenvalue weighted by Gasteiger charge is 2.44. The molecule has 0 aliphatic carbocycles. The first-order valence-corrected chi connectivity index (χ1v) is 8.18. The Morgan fingerprint density at radius 2 is 1.75 bits per heavy atom. The smallest absolute Gasteiger partial charge is 0.239 e. The highest BCUT2D eigenvalue weighted by molar-refractivity contribution is 5.91. The van der Waals surface area contributed by atoms with Crippen molar-refractivity contribution in [2.75, 3.05) is 33.7 Å². The summed E-state index contributed by atoms with van der Waals surface area (Å²) in [6, 6.07) is 9.66. The molecule has 0 bridgehead atoms. The zero-order chi connectivity index (χ0) is 17.7. The van der Waals surface area contributed by atoms with Crippen molar-refractivity contribution in [1.82, 2.24) is 15.1 Å². The van der Waals surface area contributed by atoms with Gasteiger partial charge in [-0.2, -0.15) is 0 Å². The topological polar surface area (TPSA) is 69.7 Å². The standard InChI is InChI=1S/C18H25N3O3/c1-14(22)21-11-9-18(10-12-21,15-7-5-4-6-8-15)17(24)20(3)13-16(23)19-2/h4-8H,9-13H2,1-3H3,(H,19,23). The first kappa shape index (κ1) is 18.0. The van der Waals surface area contributed by atoms with Crippen molar-refractivity contribution in [2.24, 2.45) is 0 Å². The summed E-state index contributed by atoms with van der Waals surface area (Å²) in [5.41, 5.74) is 0.262. The van der Waals surface area contributed by atoms with Gasteiger partial charge in [-0.1, -0.05) is 30.3 Å². The Labute approximate surface area is 142 Å². The normalized spacial score (nSPS) is 16.4. The van der Waals surface area contributed by atoms with Crippen LogP contribution in [0.3, 0.4) is 0 Å². The van der Waals surface area contributed by atoms with E-state index in [1.54, 1.807) is 25.9 Å². The third-order valence-corrected chi connectivity index (χ3v) is 4.80. The molecule has 3 amide bonds. The summed E-state index contributed by atoms with van der Waals surface area (Å²) in [5, 5.41) is 2.54. The third-order valence-electron chi connectivity index (χ3n) is 4.80. The largest absolute Gasteiger partial charge is 0.358 e. The molecule has 0 spiro atoms. The van der Waals surface area contributed by atoms with Gasteiger partial charge in [-0.3, -0.25) is 14.4 Å². The minimum absolute atomic E-state index is 0.0281. The van der Waals surface area contributed by atoms with Gasteiger partial charge in [-0.15, -0.1) is 0 Å². The second kappa shape index (κ2) is 7.47. The highest BCUT2D eigenvalue weighted by atomic mass is 16.2. The van der Waals surface area contributed by atoms with Crippen LogP contribution in [-0.4, -0.2) is 61.3 Å². The SMILES string of the molecule is CNC(=O)CN(C)C(=O)C1(c2ccccc2)CCN(C(C)=O)CC1. The van der Waals surface area contributed by atoms with Crippen molar-refractivity contribution in [1.29, 1.82) is 0 Å². The summed E-state index contributed by atoms with van der Waals surface area (Å²) < 4.78 is 0. The molecule has 0 radical (unpaired) electrons. The molecule has 1 aliphatic heterocycles. The number of piperidine rings is 1. The van der Waals surface area contributed by atoms with Gasteiger partial charge < -0.3 is 15.1 Å². The van der Waals surface area contributed by atoms with E-state index in [1.807, 2.05) is 30.3 Å². The monoisotopic (exact) mass is 331 g/mol. The number of hydrogen-bond donors (Lipinski definition) is 1. The van der Waals surface area contributed by atoms with Crippen LogP contribution in [0.4, 0.5) is 0 Å². The van der Waals surface area contributed by atoms with Crippen LogP contribution >= 0.6 is 0 Å². The van der Waals surface area contributed by atoms with E-state index in [9.17, 15) is 14.4 Å². The molecule has 24 heavy (non-hydrogen) atoms. The van der Waals surface area contributed by atoms with Gasteiger partial charge in [-0.05, 0) is 18.4 Å². The van der Waals surface area contributed by atoms with Gasteiger partial charge >= 0.3 is 0 Å². The number of benzene rings is 1. The van der Waals surface area contributed by atoms with Crippen molar-refractivity contribution in [3.63, 3.8) is 0 Å². The van der Waals surface area contributed by atoms with Gasteiger partial charge in [0.15, 0.2) is 0 Å². The Kier molecular flexibility index (Phi) is 5.59. The predicted molar refractivity (Wildman–Crippen MR) is 91.3 cm³/mol. The number of rotatable bonds is 4. The fraction of sp³-hybridized carbons (Fsp3) is 0.500. The lowest BCUT2D eigenvalue weighted by atomic mass is 9.71. The fourth-order valence-corrected chi connectivity index (χ4v) is 3.32. The van der Waals surface area contributed by atoms with Gasteiger partial charge in [0.1, 0.15) is 0 Å². The van der Waals surface area contributed by atoms with Crippen molar-refractivity contribution in [2.45, 2.75) is 25.2 Å². The van der Waals surface area contributed by atoms with E-state index in [0.717, 1.165) is 5.56 Å². The van der Waals surface area contributed by atoms with Crippen LogP contribution in [-0.2, 0) is 19.8 Å². The number of carbonyl (C=O) groups excluding carboxylic acids is 3. The fourth-order valence-electron chi connectivity index (χ4n) is 3.32. The van der Waals surface area contributed by atoms with Gasteiger partial charge in [0.2, 0.25) is 17.7 Å². The second-order valence-corrected chi connectivity index (χ2v) is 6.29. The van der Waals surface area contributed by atoms with Crippen LogP contribution in [0, 0.1) is 0 Å². The minimum atomic E-state index is -0.685. The summed E-state index contributed by atoms with van der Waals surface area (Å²) in [6.07, 6.45) is 1.13. The Hall–Kier alpha value is -2.37. The maximum atomic E-state index is 13.2. The molecule has 1 saturated heterocycles. The number of hydrogen-bond acceptors (Lipinski definition) is 3. The van der Waals surface area contributed by atoms with Crippen molar-refractivity contribution >= 4 is 17.7 Å². The van der Waals surface area contributed by atoms with Crippen molar-refractivity contribution < 1.29 is 14.4 Å². The Morgan fingerprint density at radius 1 is 1.17 bits per heavy atom. The van der Waals surface area contributed by atoms with Crippen LogP contribution in [0.1, 0.15) is 25.3 Å². The highest BCUT2D eigenvalue weighted by Crippen LogP contribution is 2.37. The molecule has 1 aromatic carbocycles. The van der Waals surface area contributed by atoms with E-state index in [1.165, 1.54) is 4.90 Å². The minimum Gasteiger partial charge on any atom is -0.358 e. The van der Waals surface area contributed by atoms with Crippen molar-refractivity contribution in [3.8, 4) is 0 Å². The van der Waals surface area contributed by atoms with E-state index in [0.29, 0.717) is 25.9 Å². The average molecular weight is 331 g/mol. The summed E-state index contributed by atoms with van der Waals surface area (Å²) >= 11 is 0. The molecule has 1 aliphatic rings. The molecule has 6 nitrogen and oxygen atoms in total. The molecule has 1 N–H and O–H groups in total. The average Bonchev–Trinajstić information content (AvgIpc) is 2.61. The van der Waals surface area contributed by atoms with Gasteiger partial charge in [0.05, 0.1) is 12.0 Å². The molecule has 6 heteroatoms. The molecule has 2 rings (SSSR count). The summed E-state index contributed by atoms with van der Waals surface area (Å²) in [4.78, 5) is 39.7. The lowest BCUT2D eigenvalue weighted by molar-refractivity contribution is -0.143. The molecular formula is C18H25N3O3. The van der Waals surface area contributed by atoms with E-state index in [4.69, 9.17) is 0 Å². The van der Waals surface area contributed by atoms with Gasteiger partial charge in [0, 0.05) is 34.1 Å². The number of amides is 3. The Bertz CT molecular complexity index is 607. The number of nitrogens with one attached hydrogen (secondary N) is 1. The summed E-state index contributed by atoms with van der Waals surface area (Å²) in [6.45, 7) is 2.67. The lowest BCUT2D eigenvalue weighted by Gasteiger charge is -2.42. The van der Waals surface area contributed by atoms with Crippen LogP contribution in [0.25, 0.3) is 0 Å². The van der Waals surface area contributed by atoms with Crippen LogP contribution in [0.15, 0.2) is 30.3 Å². The molecule has 1 fully saturated rings. The van der Waals surface area contributed by atoms with Crippen LogP contribution in [0.5, 0.6) is 0 Å². The number of carbonyl (C=O) groups is 3. The van der Waals surface area contributed by atoms with E-state index in [-0.39, 0.29) is 24.3 Å². The Morgan fingerprint density at radius 3 is 2.25 bits per heavy atom. The number of likely N-dealkylation sites (N-methyl/N-ethyl adjacent to an activating group) is 2. The van der Waals surface area contributed by atoms with Gasteiger partial charge in [-0.25, -0.2) is 0 Å². The third kappa shape index (κ3) is 3.58. The van der Waals surface area contributed by atoms with Crippen molar-refractivity contribution in [3.05, 3.63) is 35.9 Å². The predicted octanol–water partition coefficient (Wildman–Crippen LogP) is 0.771. The molecule has 0 saturated carbocycles. The lowest BCUT2D eigenvalue weighted by Crippen LogP contribution is -2.54. The van der Waals surface area contributed by atoms with Crippen LogP contribution in [0.2, 0.25) is 0 Å². The first-order valence-electron chi connectivity index (χ1n) is 8.18. The zero-order valence-electron chi connectivity index (χ0n) is 14.5. The van der Waals surface area contributed by atoms with Gasteiger partial charge in [0.25, 0.3) is 0 Å². The molecule has 1 heterocycles. The van der Waals surface area contributed by atoms with E-state index >= 15 is 0 Å². The molecular weight excluding hydrogens is 306 g/mol. The van der Waals surface area contributed by atoms with Crippen LogP contribution < -0.4 is 5.32 Å². The first-order chi connectivity index (χ1) is 11.4. The summed E-state index contributed by atoms with van der Waals surface area (Å²) in [7, 11) is 3.21. The number of nitrogens with zero attached hydrogens (tertiary/aromatic N) is 2. The van der Waals surface area contributed by atoms with E-state index in [2.05, 4.69) is 5.32 Å². The number of likely N-dealkylation sites (tertiary alicyclic amines) is 1. The quantitative estimate of drug-likeness (QED) is 0.886. The molecule has 0 atom stereocenters. The Balaban J connectivity index is 2.29. The zero-order valence-corrected chi connectivity index (χ0v) is 14.5. The molecule has 0 unspecified atom stereocenters. The maximum Gasteiger partial charge on any atom is 0.239 e. The summed E-state index contributed by atoms with van der Waals surface area (Å²) in [5.74, 6) is -0.237. The molecule has 130 valence electrons. The molecule has 0 aromatic heterocycles. The molecule has 1 aromatic rings. The second-order valence-electron chi connectivity index (χ2n) is 6.29. The maximum absolute atomic E-state index is 13.2. The van der Waals surface area contributed by atoms with E-state index < -0.39 is 5.41 Å².